The molecule has 1 fully saturated rings. The largest absolute Gasteiger partial charge is 0.355 e. The Bertz CT molecular complexity index is 672. The molecule has 0 saturated heterocycles. The lowest BCUT2D eigenvalue weighted by molar-refractivity contribution is 0.316. The Hall–Kier alpha value is -0.390. The second-order valence-electron chi connectivity index (χ2n) is 6.73. The highest BCUT2D eigenvalue weighted by Gasteiger charge is 2.20. The van der Waals surface area contributed by atoms with Crippen LogP contribution in [0.2, 0.25) is 0 Å². The first-order valence-corrected chi connectivity index (χ1v) is 11.3. The van der Waals surface area contributed by atoms with Gasteiger partial charge < -0.3 is 10.6 Å². The minimum absolute atomic E-state index is 0. The highest BCUT2D eigenvalue weighted by atomic mass is 127. The van der Waals surface area contributed by atoms with Gasteiger partial charge in [-0.2, -0.15) is 0 Å². The van der Waals surface area contributed by atoms with Crippen LogP contribution in [0.25, 0.3) is 0 Å². The van der Waals surface area contributed by atoms with Crippen LogP contribution in [0, 0.1) is 12.8 Å². The van der Waals surface area contributed by atoms with Gasteiger partial charge in [-0.3, -0.25) is 4.99 Å². The predicted molar refractivity (Wildman–Crippen MR) is 121 cm³/mol. The van der Waals surface area contributed by atoms with Gasteiger partial charge in [-0.05, 0) is 44.7 Å². The Morgan fingerprint density at radius 2 is 2.12 bits per heavy atom. The van der Waals surface area contributed by atoms with E-state index in [9.17, 15) is 8.42 Å². The van der Waals surface area contributed by atoms with Crippen LogP contribution in [0.15, 0.2) is 17.1 Å². The molecule has 1 unspecified atom stereocenters. The smallest absolute Gasteiger partial charge is 0.213 e. The molecule has 0 amide bonds. The predicted octanol–water partition coefficient (Wildman–Crippen LogP) is 2.49. The second-order valence-corrected chi connectivity index (χ2v) is 10.0. The Labute approximate surface area is 178 Å². The highest BCUT2D eigenvalue weighted by molar-refractivity contribution is 14.0. The summed E-state index contributed by atoms with van der Waals surface area (Å²) in [6, 6.07) is 4.49. The fourth-order valence-electron chi connectivity index (χ4n) is 2.69. The number of hydrogen-bond donors (Lipinski definition) is 3. The van der Waals surface area contributed by atoms with Crippen molar-refractivity contribution in [2.45, 2.75) is 45.6 Å². The summed E-state index contributed by atoms with van der Waals surface area (Å²) in [5.41, 5.74) is 0. The molecule has 1 saturated carbocycles. The van der Waals surface area contributed by atoms with Gasteiger partial charge in [0.15, 0.2) is 5.96 Å². The lowest BCUT2D eigenvalue weighted by atomic mass is 9.86. The minimum Gasteiger partial charge on any atom is -0.355 e. The van der Waals surface area contributed by atoms with Gasteiger partial charge in [-0.15, -0.1) is 35.3 Å². The molecule has 1 atom stereocenters. The maximum absolute atomic E-state index is 12.0. The number of aryl methyl sites for hydroxylation is 1. The number of halogens is 1. The summed E-state index contributed by atoms with van der Waals surface area (Å²) in [5.74, 6) is 1.22. The van der Waals surface area contributed by atoms with Crippen LogP contribution in [-0.2, 0) is 16.4 Å². The molecule has 0 aliphatic heterocycles. The molecule has 9 heteroatoms. The van der Waals surface area contributed by atoms with Crippen molar-refractivity contribution in [1.82, 2.24) is 15.4 Å². The van der Waals surface area contributed by atoms with E-state index >= 15 is 0 Å². The molecule has 0 bridgehead atoms. The maximum atomic E-state index is 12.0. The van der Waals surface area contributed by atoms with Crippen molar-refractivity contribution >= 4 is 51.3 Å². The number of nitrogens with zero attached hydrogens (tertiary/aromatic N) is 1. The van der Waals surface area contributed by atoms with E-state index in [-0.39, 0.29) is 35.8 Å². The van der Waals surface area contributed by atoms with Crippen LogP contribution in [0.4, 0.5) is 0 Å². The van der Waals surface area contributed by atoms with E-state index < -0.39 is 10.0 Å². The summed E-state index contributed by atoms with van der Waals surface area (Å²) >= 11 is 1.80. The van der Waals surface area contributed by atoms with Crippen molar-refractivity contribution in [2.75, 3.05) is 25.9 Å². The molecule has 1 aromatic rings. The average molecular weight is 514 g/mol. The van der Waals surface area contributed by atoms with Crippen molar-refractivity contribution in [2.24, 2.45) is 10.9 Å². The standard InChI is InChI=1S/C17H30N4O2S2.HI/c1-13(11-16-8-7-14(2)24-16)21-17(18-3)19-9-10-25(22,23)20-12-15-5-4-6-15;/h7-8,13,15,20H,4-6,9-12H2,1-3H3,(H2,18,19,21);1H. The van der Waals surface area contributed by atoms with Crippen molar-refractivity contribution in [1.29, 1.82) is 0 Å². The van der Waals surface area contributed by atoms with E-state index in [2.05, 4.69) is 46.3 Å². The monoisotopic (exact) mass is 514 g/mol. The van der Waals surface area contributed by atoms with Crippen LogP contribution < -0.4 is 15.4 Å². The zero-order valence-electron chi connectivity index (χ0n) is 15.7. The van der Waals surface area contributed by atoms with Crippen LogP contribution >= 0.6 is 35.3 Å². The van der Waals surface area contributed by atoms with Gasteiger partial charge in [0, 0.05) is 42.4 Å². The molecule has 0 aromatic carbocycles. The Kier molecular flexibility index (Phi) is 10.4. The Balaban J connectivity index is 0.00000338. The Morgan fingerprint density at radius 1 is 1.38 bits per heavy atom. The maximum Gasteiger partial charge on any atom is 0.213 e. The van der Waals surface area contributed by atoms with Crippen LogP contribution in [0.3, 0.4) is 0 Å². The molecule has 26 heavy (non-hydrogen) atoms. The number of guanidine groups is 1. The van der Waals surface area contributed by atoms with E-state index in [1.807, 2.05) is 0 Å². The fraction of sp³-hybridized carbons (Fsp3) is 0.706. The molecule has 1 aromatic heterocycles. The lowest BCUT2D eigenvalue weighted by Crippen LogP contribution is -2.45. The quantitative estimate of drug-likeness (QED) is 0.269. The molecule has 1 aliphatic rings. The molecule has 2 rings (SSSR count). The molecular formula is C17H31IN4O2S2. The number of nitrogens with one attached hydrogen (secondary N) is 3. The van der Waals surface area contributed by atoms with Crippen molar-refractivity contribution in [3.63, 3.8) is 0 Å². The van der Waals surface area contributed by atoms with Crippen LogP contribution in [-0.4, -0.2) is 46.3 Å². The summed E-state index contributed by atoms with van der Waals surface area (Å²) < 4.78 is 26.7. The SMILES string of the molecule is CN=C(NCCS(=O)(=O)NCC1CCC1)NC(C)Cc1ccc(C)s1.I. The van der Waals surface area contributed by atoms with E-state index in [0.717, 1.165) is 19.3 Å². The zero-order chi connectivity index (χ0) is 18.3. The van der Waals surface area contributed by atoms with Crippen molar-refractivity contribution in [3.05, 3.63) is 21.9 Å². The van der Waals surface area contributed by atoms with E-state index in [1.165, 1.54) is 16.2 Å². The topological polar surface area (TPSA) is 82.6 Å². The number of sulfonamides is 1. The molecule has 3 N–H and O–H groups in total. The van der Waals surface area contributed by atoms with Crippen LogP contribution in [0.5, 0.6) is 0 Å². The van der Waals surface area contributed by atoms with Crippen LogP contribution in [0.1, 0.15) is 35.9 Å². The Morgan fingerprint density at radius 3 is 2.65 bits per heavy atom. The van der Waals surface area contributed by atoms with Gasteiger partial charge in [0.2, 0.25) is 10.0 Å². The molecule has 1 heterocycles. The van der Waals surface area contributed by atoms with E-state index in [4.69, 9.17) is 0 Å². The van der Waals surface area contributed by atoms with Gasteiger partial charge in [-0.25, -0.2) is 13.1 Å². The van der Waals surface area contributed by atoms with Gasteiger partial charge in [-0.1, -0.05) is 6.42 Å². The number of rotatable bonds is 9. The summed E-state index contributed by atoms with van der Waals surface area (Å²) in [6.45, 7) is 5.11. The first kappa shape index (κ1) is 23.6. The summed E-state index contributed by atoms with van der Waals surface area (Å²) in [5, 5.41) is 6.40. The molecule has 150 valence electrons. The zero-order valence-corrected chi connectivity index (χ0v) is 19.7. The van der Waals surface area contributed by atoms with Crippen molar-refractivity contribution in [3.8, 4) is 0 Å². The van der Waals surface area contributed by atoms with E-state index in [1.54, 1.807) is 18.4 Å². The number of hydrogen-bond acceptors (Lipinski definition) is 4. The molecule has 0 spiro atoms. The number of thiophene rings is 1. The number of aliphatic imine (C=N–C) groups is 1. The van der Waals surface area contributed by atoms with Gasteiger partial charge in [0.25, 0.3) is 0 Å². The third-order valence-electron chi connectivity index (χ3n) is 4.39. The fourth-order valence-corrected chi connectivity index (χ4v) is 4.72. The van der Waals surface area contributed by atoms with Gasteiger partial charge in [0.05, 0.1) is 5.75 Å². The summed E-state index contributed by atoms with van der Waals surface area (Å²) in [6.07, 6.45) is 4.41. The highest BCUT2D eigenvalue weighted by Crippen LogP contribution is 2.25. The van der Waals surface area contributed by atoms with Crippen molar-refractivity contribution < 1.29 is 8.42 Å². The first-order valence-electron chi connectivity index (χ1n) is 8.88. The minimum atomic E-state index is -3.22. The average Bonchev–Trinajstić information content (AvgIpc) is 2.89. The first-order chi connectivity index (χ1) is 11.9. The molecular weight excluding hydrogens is 483 g/mol. The molecule has 0 radical (unpaired) electrons. The molecule has 1 aliphatic carbocycles. The third-order valence-corrected chi connectivity index (χ3v) is 6.76. The summed E-state index contributed by atoms with van der Waals surface area (Å²) in [7, 11) is -1.53. The molecule has 6 nitrogen and oxygen atoms in total. The summed E-state index contributed by atoms with van der Waals surface area (Å²) in [4.78, 5) is 6.81. The second kappa shape index (κ2) is 11.5. The van der Waals surface area contributed by atoms with Gasteiger partial charge in [0.1, 0.15) is 0 Å². The van der Waals surface area contributed by atoms with Gasteiger partial charge >= 0.3 is 0 Å². The van der Waals surface area contributed by atoms with E-state index in [0.29, 0.717) is 25.0 Å². The normalized spacial score (nSPS) is 16.5. The lowest BCUT2D eigenvalue weighted by Gasteiger charge is -2.25. The third kappa shape index (κ3) is 8.53.